The monoisotopic (exact) mass is 237 g/mol. The Hall–Kier alpha value is -2.50. The summed E-state index contributed by atoms with van der Waals surface area (Å²) in [7, 11) is 0. The third-order valence-corrected chi connectivity index (χ3v) is 1.85. The number of nitrogens with two attached hydrogens (primary N) is 1. The van der Waals surface area contributed by atoms with Crippen molar-refractivity contribution < 1.29 is 24.2 Å². The molecule has 90 valence electrons. The molecule has 6 heteroatoms. The number of benzene rings is 1. The van der Waals surface area contributed by atoms with Gasteiger partial charge in [-0.05, 0) is 31.2 Å². The first-order valence-corrected chi connectivity index (χ1v) is 4.62. The van der Waals surface area contributed by atoms with E-state index >= 15 is 0 Å². The largest absolute Gasteiger partial charge is 0.473 e. The molecule has 0 radical (unpaired) electrons. The minimum Gasteiger partial charge on any atom is -0.473 e. The number of rotatable bonds is 0. The number of anilines is 1. The van der Waals surface area contributed by atoms with Crippen molar-refractivity contribution in [3.05, 3.63) is 30.0 Å². The van der Waals surface area contributed by atoms with Gasteiger partial charge in [-0.1, -0.05) is 0 Å². The number of carboxylic acid groups (broad SMARTS) is 2. The second-order valence-electron chi connectivity index (χ2n) is 3.26. The molecule has 0 bridgehead atoms. The summed E-state index contributed by atoms with van der Waals surface area (Å²) in [6, 6.07) is 7.61. The van der Waals surface area contributed by atoms with Crippen molar-refractivity contribution in [1.29, 1.82) is 0 Å². The second-order valence-corrected chi connectivity index (χ2v) is 3.26. The van der Waals surface area contributed by atoms with Crippen molar-refractivity contribution in [1.82, 2.24) is 0 Å². The summed E-state index contributed by atoms with van der Waals surface area (Å²) in [6.07, 6.45) is 0. The zero-order chi connectivity index (χ0) is 13.0. The van der Waals surface area contributed by atoms with Gasteiger partial charge in [0.25, 0.3) is 0 Å². The van der Waals surface area contributed by atoms with Crippen molar-refractivity contribution in [2.45, 2.75) is 6.92 Å². The van der Waals surface area contributed by atoms with E-state index < -0.39 is 11.9 Å². The predicted molar refractivity (Wildman–Crippen MR) is 60.6 cm³/mol. The topological polar surface area (TPSA) is 114 Å². The molecule has 0 fully saturated rings. The first kappa shape index (κ1) is 12.6. The zero-order valence-electron chi connectivity index (χ0n) is 9.01. The van der Waals surface area contributed by atoms with Gasteiger partial charge in [0, 0.05) is 11.1 Å². The van der Waals surface area contributed by atoms with Crippen molar-refractivity contribution in [3.63, 3.8) is 0 Å². The molecular weight excluding hydrogens is 226 g/mol. The van der Waals surface area contributed by atoms with Gasteiger partial charge in [-0.25, -0.2) is 9.59 Å². The fraction of sp³-hybridized carbons (Fsp3) is 0.0909. The van der Waals surface area contributed by atoms with Crippen LogP contribution < -0.4 is 5.73 Å². The number of nitrogen functional groups attached to an aromatic ring is 1. The highest BCUT2D eigenvalue weighted by molar-refractivity contribution is 6.27. The summed E-state index contributed by atoms with van der Waals surface area (Å²) in [5.41, 5.74) is 7.27. The Morgan fingerprint density at radius 3 is 2.29 bits per heavy atom. The molecule has 0 atom stereocenters. The SMILES string of the molecule is Cc1cc2cc(N)ccc2o1.O=C(O)C(=O)O. The highest BCUT2D eigenvalue weighted by atomic mass is 16.4. The number of aliphatic carboxylic acids is 2. The molecule has 0 aliphatic rings. The van der Waals surface area contributed by atoms with Gasteiger partial charge in [0.05, 0.1) is 0 Å². The quantitative estimate of drug-likeness (QED) is 0.472. The predicted octanol–water partition coefficient (Wildman–Crippen LogP) is 1.48. The van der Waals surface area contributed by atoms with Gasteiger partial charge >= 0.3 is 11.9 Å². The number of carboxylic acids is 2. The summed E-state index contributed by atoms with van der Waals surface area (Å²) in [6.45, 7) is 1.93. The highest BCUT2D eigenvalue weighted by Gasteiger charge is 2.04. The van der Waals surface area contributed by atoms with Crippen LogP contribution in [0.5, 0.6) is 0 Å². The Labute approximate surface area is 96.3 Å². The maximum absolute atomic E-state index is 9.10. The molecule has 6 nitrogen and oxygen atoms in total. The number of carbonyl (C=O) groups is 2. The van der Waals surface area contributed by atoms with Gasteiger partial charge in [0.2, 0.25) is 0 Å². The summed E-state index contributed by atoms with van der Waals surface area (Å²) >= 11 is 0. The van der Waals surface area contributed by atoms with Crippen molar-refractivity contribution in [2.75, 3.05) is 5.73 Å². The van der Waals surface area contributed by atoms with Crippen LogP contribution in [-0.4, -0.2) is 22.2 Å². The number of furan rings is 1. The molecule has 0 spiro atoms. The average molecular weight is 237 g/mol. The standard InChI is InChI=1S/C9H9NO.C2H2O4/c1-6-4-7-5-8(10)2-3-9(7)11-6;3-1(4)2(5)6/h2-5H,10H2,1H3;(H,3,4)(H,5,6). The van der Waals surface area contributed by atoms with Gasteiger partial charge in [0.15, 0.2) is 0 Å². The maximum atomic E-state index is 9.10. The van der Waals surface area contributed by atoms with Crippen LogP contribution >= 0.6 is 0 Å². The normalized spacial score (nSPS) is 9.47. The molecular formula is C11H11NO5. The second kappa shape index (κ2) is 5.02. The van der Waals surface area contributed by atoms with E-state index in [1.165, 1.54) is 0 Å². The fourth-order valence-electron chi connectivity index (χ4n) is 1.19. The van der Waals surface area contributed by atoms with Gasteiger partial charge in [-0.15, -0.1) is 0 Å². The Bertz CT molecular complexity index is 546. The summed E-state index contributed by atoms with van der Waals surface area (Å²) in [4.78, 5) is 18.2. The van der Waals surface area contributed by atoms with Crippen LogP contribution in [0.4, 0.5) is 5.69 Å². The molecule has 0 unspecified atom stereocenters. The average Bonchev–Trinajstić information content (AvgIpc) is 2.58. The molecule has 2 rings (SSSR count). The lowest BCUT2D eigenvalue weighted by molar-refractivity contribution is -0.159. The number of hydrogen-bond donors (Lipinski definition) is 3. The Morgan fingerprint density at radius 2 is 1.76 bits per heavy atom. The summed E-state index contributed by atoms with van der Waals surface area (Å²) in [5, 5.41) is 15.9. The molecule has 0 amide bonds. The van der Waals surface area contributed by atoms with Crippen LogP contribution in [0.2, 0.25) is 0 Å². The number of fused-ring (bicyclic) bond motifs is 1. The molecule has 1 aromatic heterocycles. The van der Waals surface area contributed by atoms with Crippen molar-refractivity contribution >= 4 is 28.6 Å². The summed E-state index contributed by atoms with van der Waals surface area (Å²) < 4.78 is 5.37. The van der Waals surface area contributed by atoms with E-state index in [0.717, 1.165) is 22.4 Å². The summed E-state index contributed by atoms with van der Waals surface area (Å²) in [5.74, 6) is -2.73. The van der Waals surface area contributed by atoms with E-state index in [1.54, 1.807) is 0 Å². The molecule has 1 aromatic carbocycles. The molecule has 1 heterocycles. The molecule has 0 saturated heterocycles. The number of aryl methyl sites for hydroxylation is 1. The first-order chi connectivity index (χ1) is 7.90. The van der Waals surface area contributed by atoms with Crippen LogP contribution in [0.1, 0.15) is 5.76 Å². The van der Waals surface area contributed by atoms with Gasteiger partial charge < -0.3 is 20.4 Å². The van der Waals surface area contributed by atoms with Crippen LogP contribution in [0.3, 0.4) is 0 Å². The third-order valence-electron chi connectivity index (χ3n) is 1.85. The molecule has 4 N–H and O–H groups in total. The Kier molecular flexibility index (Phi) is 3.71. The third kappa shape index (κ3) is 3.53. The molecule has 0 aliphatic carbocycles. The minimum atomic E-state index is -1.82. The maximum Gasteiger partial charge on any atom is 0.414 e. The molecule has 17 heavy (non-hydrogen) atoms. The first-order valence-electron chi connectivity index (χ1n) is 4.62. The lowest BCUT2D eigenvalue weighted by Gasteiger charge is -1.89. The highest BCUT2D eigenvalue weighted by Crippen LogP contribution is 2.20. The van der Waals surface area contributed by atoms with Gasteiger partial charge in [-0.3, -0.25) is 0 Å². The van der Waals surface area contributed by atoms with E-state index in [9.17, 15) is 0 Å². The molecule has 0 aliphatic heterocycles. The Balaban J connectivity index is 0.000000209. The molecule has 2 aromatic rings. The van der Waals surface area contributed by atoms with Crippen LogP contribution in [0.15, 0.2) is 28.7 Å². The lowest BCUT2D eigenvalue weighted by atomic mass is 10.2. The van der Waals surface area contributed by atoms with Gasteiger partial charge in [-0.2, -0.15) is 0 Å². The van der Waals surface area contributed by atoms with E-state index in [0.29, 0.717) is 0 Å². The van der Waals surface area contributed by atoms with Crippen LogP contribution in [-0.2, 0) is 9.59 Å². The van der Waals surface area contributed by atoms with Crippen LogP contribution in [0, 0.1) is 6.92 Å². The van der Waals surface area contributed by atoms with Crippen LogP contribution in [0.25, 0.3) is 11.0 Å². The van der Waals surface area contributed by atoms with Crippen molar-refractivity contribution in [3.8, 4) is 0 Å². The Morgan fingerprint density at radius 1 is 1.18 bits per heavy atom. The smallest absolute Gasteiger partial charge is 0.414 e. The fourth-order valence-corrected chi connectivity index (χ4v) is 1.19. The lowest BCUT2D eigenvalue weighted by Crippen LogP contribution is -2.09. The molecule has 0 saturated carbocycles. The minimum absolute atomic E-state index is 0.776. The number of hydrogen-bond acceptors (Lipinski definition) is 4. The van der Waals surface area contributed by atoms with E-state index in [4.69, 9.17) is 30.0 Å². The van der Waals surface area contributed by atoms with E-state index in [1.807, 2.05) is 31.2 Å². The zero-order valence-corrected chi connectivity index (χ0v) is 9.01. The van der Waals surface area contributed by atoms with Gasteiger partial charge in [0.1, 0.15) is 11.3 Å². The van der Waals surface area contributed by atoms with E-state index in [2.05, 4.69) is 0 Å². The van der Waals surface area contributed by atoms with Crippen molar-refractivity contribution in [2.24, 2.45) is 0 Å². The van der Waals surface area contributed by atoms with E-state index in [-0.39, 0.29) is 0 Å².